The molecule has 0 radical (unpaired) electrons. The summed E-state index contributed by atoms with van der Waals surface area (Å²) in [6, 6.07) is 0. The number of rotatable bonds is 13. The molecule has 0 aliphatic rings. The Morgan fingerprint density at radius 1 is 0.950 bits per heavy atom. The maximum absolute atomic E-state index is 11.8. The van der Waals surface area contributed by atoms with Crippen LogP contribution in [0.4, 0.5) is 0 Å². The second-order valence-corrected chi connectivity index (χ2v) is 5.74. The molecule has 4 heteroatoms. The van der Waals surface area contributed by atoms with E-state index in [0.29, 0.717) is 19.3 Å². The largest absolute Gasteiger partial charge is 0.459 e. The molecule has 120 valence electrons. The van der Waals surface area contributed by atoms with Crippen LogP contribution in [-0.4, -0.2) is 35.0 Å². The van der Waals surface area contributed by atoms with Gasteiger partial charge in [-0.2, -0.15) is 0 Å². The molecular weight excluding hydrogens is 256 g/mol. The number of esters is 1. The Morgan fingerprint density at radius 3 is 1.95 bits per heavy atom. The summed E-state index contributed by atoms with van der Waals surface area (Å²) in [4.78, 5) is 11.8. The van der Waals surface area contributed by atoms with Crippen molar-refractivity contribution in [2.24, 2.45) is 0 Å². The van der Waals surface area contributed by atoms with E-state index in [9.17, 15) is 4.79 Å². The Hall–Kier alpha value is -0.610. The molecule has 0 aromatic rings. The number of aliphatic hydroxyl groups is 2. The minimum Gasteiger partial charge on any atom is -0.459 e. The molecule has 0 spiro atoms. The highest BCUT2D eigenvalue weighted by Gasteiger charge is 2.27. The lowest BCUT2D eigenvalue weighted by molar-refractivity contribution is -0.161. The van der Waals surface area contributed by atoms with Gasteiger partial charge in [0.1, 0.15) is 5.60 Å². The lowest BCUT2D eigenvalue weighted by Crippen LogP contribution is -2.34. The molecule has 0 rings (SSSR count). The van der Waals surface area contributed by atoms with Gasteiger partial charge in [-0.25, -0.2) is 0 Å². The summed E-state index contributed by atoms with van der Waals surface area (Å²) in [6.07, 6.45) is 9.35. The van der Waals surface area contributed by atoms with Gasteiger partial charge in [0.15, 0.2) is 0 Å². The number of ether oxygens (including phenoxy) is 1. The standard InChI is InChI=1S/C16H32O4/c1-3-4-5-6-7-8-9-10-15(19)20-16(2,11-13-17)12-14-18/h17-18H,3-14H2,1-2H3. The van der Waals surface area contributed by atoms with E-state index < -0.39 is 5.60 Å². The zero-order valence-corrected chi connectivity index (χ0v) is 13.2. The number of carbonyl (C=O) groups is 1. The average Bonchev–Trinajstić information content (AvgIpc) is 2.38. The smallest absolute Gasteiger partial charge is 0.306 e. The van der Waals surface area contributed by atoms with Crippen molar-refractivity contribution in [3.05, 3.63) is 0 Å². The van der Waals surface area contributed by atoms with E-state index in [4.69, 9.17) is 14.9 Å². The second kappa shape index (κ2) is 12.2. The first-order chi connectivity index (χ1) is 9.58. The minimum absolute atomic E-state index is 0.0405. The fourth-order valence-corrected chi connectivity index (χ4v) is 2.25. The van der Waals surface area contributed by atoms with Crippen molar-refractivity contribution in [3.8, 4) is 0 Å². The quantitative estimate of drug-likeness (QED) is 0.403. The molecule has 0 aliphatic heterocycles. The first-order valence-corrected chi connectivity index (χ1v) is 8.01. The number of unbranched alkanes of at least 4 members (excludes halogenated alkanes) is 6. The van der Waals surface area contributed by atoms with Crippen molar-refractivity contribution in [2.45, 2.75) is 83.7 Å². The Bertz CT molecular complexity index is 235. The summed E-state index contributed by atoms with van der Waals surface area (Å²) >= 11 is 0. The van der Waals surface area contributed by atoms with Gasteiger partial charge >= 0.3 is 5.97 Å². The van der Waals surface area contributed by atoms with Crippen LogP contribution >= 0.6 is 0 Å². The molecule has 0 aromatic heterocycles. The van der Waals surface area contributed by atoms with Gasteiger partial charge in [-0.1, -0.05) is 45.4 Å². The summed E-state index contributed by atoms with van der Waals surface area (Å²) in [5, 5.41) is 18.0. The molecule has 20 heavy (non-hydrogen) atoms. The van der Waals surface area contributed by atoms with Gasteiger partial charge in [-0.3, -0.25) is 4.79 Å². The van der Waals surface area contributed by atoms with Crippen LogP contribution in [0.2, 0.25) is 0 Å². The van der Waals surface area contributed by atoms with Crippen LogP contribution in [-0.2, 0) is 9.53 Å². The van der Waals surface area contributed by atoms with Crippen LogP contribution in [0, 0.1) is 0 Å². The Balaban J connectivity index is 3.74. The van der Waals surface area contributed by atoms with E-state index in [1.165, 1.54) is 32.1 Å². The molecule has 0 bridgehead atoms. The van der Waals surface area contributed by atoms with Gasteiger partial charge in [-0.15, -0.1) is 0 Å². The highest BCUT2D eigenvalue weighted by atomic mass is 16.6. The Labute approximate surface area is 123 Å². The third kappa shape index (κ3) is 10.2. The molecule has 0 saturated heterocycles. The molecule has 4 nitrogen and oxygen atoms in total. The Kier molecular flexibility index (Phi) is 11.8. The number of carbonyl (C=O) groups excluding carboxylic acids is 1. The molecule has 0 aromatic carbocycles. The monoisotopic (exact) mass is 288 g/mol. The predicted octanol–water partition coefficient (Wildman–Crippen LogP) is 3.19. The second-order valence-electron chi connectivity index (χ2n) is 5.74. The maximum Gasteiger partial charge on any atom is 0.306 e. The van der Waals surface area contributed by atoms with Crippen molar-refractivity contribution in [2.75, 3.05) is 13.2 Å². The van der Waals surface area contributed by atoms with E-state index in [1.807, 2.05) is 0 Å². The first kappa shape index (κ1) is 19.4. The minimum atomic E-state index is -0.734. The molecular formula is C16H32O4. The number of hydrogen-bond donors (Lipinski definition) is 2. The van der Waals surface area contributed by atoms with Crippen molar-refractivity contribution >= 4 is 5.97 Å². The zero-order chi connectivity index (χ0) is 15.3. The Morgan fingerprint density at radius 2 is 1.45 bits per heavy atom. The molecule has 0 aliphatic carbocycles. The highest BCUT2D eigenvalue weighted by Crippen LogP contribution is 2.21. The van der Waals surface area contributed by atoms with Crippen molar-refractivity contribution < 1.29 is 19.7 Å². The first-order valence-electron chi connectivity index (χ1n) is 8.01. The molecule has 0 atom stereocenters. The van der Waals surface area contributed by atoms with Gasteiger partial charge in [-0.05, 0) is 13.3 Å². The van der Waals surface area contributed by atoms with E-state index in [2.05, 4.69) is 6.92 Å². The van der Waals surface area contributed by atoms with E-state index >= 15 is 0 Å². The topological polar surface area (TPSA) is 66.8 Å². The predicted molar refractivity (Wildman–Crippen MR) is 80.5 cm³/mol. The van der Waals surface area contributed by atoms with E-state index in [1.54, 1.807) is 6.92 Å². The third-order valence-electron chi connectivity index (χ3n) is 3.63. The third-order valence-corrected chi connectivity index (χ3v) is 3.63. The van der Waals surface area contributed by atoms with Gasteiger partial charge in [0, 0.05) is 32.5 Å². The van der Waals surface area contributed by atoms with Crippen LogP contribution in [0.15, 0.2) is 0 Å². The SMILES string of the molecule is CCCCCCCCCC(=O)OC(C)(CCO)CCO. The number of aliphatic hydroxyl groups excluding tert-OH is 2. The van der Waals surface area contributed by atoms with Crippen molar-refractivity contribution in [3.63, 3.8) is 0 Å². The lowest BCUT2D eigenvalue weighted by atomic mass is 9.98. The van der Waals surface area contributed by atoms with Gasteiger partial charge in [0.05, 0.1) is 0 Å². The molecule has 0 heterocycles. The van der Waals surface area contributed by atoms with Crippen LogP contribution < -0.4 is 0 Å². The van der Waals surface area contributed by atoms with Crippen molar-refractivity contribution in [1.82, 2.24) is 0 Å². The molecule has 2 N–H and O–H groups in total. The van der Waals surface area contributed by atoms with E-state index in [0.717, 1.165) is 12.8 Å². The van der Waals surface area contributed by atoms with Crippen LogP contribution in [0.25, 0.3) is 0 Å². The highest BCUT2D eigenvalue weighted by molar-refractivity contribution is 5.69. The zero-order valence-electron chi connectivity index (χ0n) is 13.2. The number of hydrogen-bond acceptors (Lipinski definition) is 4. The molecule has 0 saturated carbocycles. The van der Waals surface area contributed by atoms with Gasteiger partial charge in [0.2, 0.25) is 0 Å². The van der Waals surface area contributed by atoms with Crippen LogP contribution in [0.1, 0.15) is 78.1 Å². The fraction of sp³-hybridized carbons (Fsp3) is 0.938. The summed E-state index contributed by atoms with van der Waals surface area (Å²) in [7, 11) is 0. The summed E-state index contributed by atoms with van der Waals surface area (Å²) in [5.74, 6) is -0.219. The summed E-state index contributed by atoms with van der Waals surface area (Å²) < 4.78 is 5.40. The van der Waals surface area contributed by atoms with Crippen molar-refractivity contribution in [1.29, 1.82) is 0 Å². The van der Waals surface area contributed by atoms with Crippen LogP contribution in [0.3, 0.4) is 0 Å². The van der Waals surface area contributed by atoms with E-state index in [-0.39, 0.29) is 19.2 Å². The van der Waals surface area contributed by atoms with Crippen LogP contribution in [0.5, 0.6) is 0 Å². The normalized spacial score (nSPS) is 11.6. The average molecular weight is 288 g/mol. The molecule has 0 fully saturated rings. The molecule has 0 unspecified atom stereocenters. The van der Waals surface area contributed by atoms with Gasteiger partial charge < -0.3 is 14.9 Å². The molecule has 0 amide bonds. The maximum atomic E-state index is 11.8. The summed E-state index contributed by atoms with van der Waals surface area (Å²) in [6.45, 7) is 3.89. The lowest BCUT2D eigenvalue weighted by Gasteiger charge is -2.28. The fourth-order valence-electron chi connectivity index (χ4n) is 2.25. The summed E-state index contributed by atoms with van der Waals surface area (Å²) in [5.41, 5.74) is -0.734. The van der Waals surface area contributed by atoms with Gasteiger partial charge in [0.25, 0.3) is 0 Å².